The molecule has 6 nitrogen and oxygen atoms in total. The Kier molecular flexibility index (Phi) is 5.09. The van der Waals surface area contributed by atoms with Gasteiger partial charge in [0.05, 0.1) is 23.6 Å². The van der Waals surface area contributed by atoms with Crippen LogP contribution in [0.3, 0.4) is 0 Å². The molecule has 128 valence electrons. The molecule has 3 rings (SSSR count). The summed E-state index contributed by atoms with van der Waals surface area (Å²) in [6, 6.07) is 15.3. The minimum Gasteiger partial charge on any atom is -0.484 e. The molecule has 0 fully saturated rings. The molecular formula is C19H20N4O2. The largest absolute Gasteiger partial charge is 0.484 e. The zero-order valence-corrected chi connectivity index (χ0v) is 14.3. The van der Waals surface area contributed by atoms with E-state index in [1.165, 1.54) is 0 Å². The summed E-state index contributed by atoms with van der Waals surface area (Å²) in [7, 11) is 1.86. The summed E-state index contributed by atoms with van der Waals surface area (Å²) in [5.74, 6) is 0.529. The molecule has 0 atom stereocenters. The van der Waals surface area contributed by atoms with E-state index < -0.39 is 0 Å². The Balaban J connectivity index is 1.55. The van der Waals surface area contributed by atoms with Crippen LogP contribution >= 0.6 is 0 Å². The Morgan fingerprint density at radius 1 is 1.20 bits per heavy atom. The Bertz CT molecular complexity index is 859. The van der Waals surface area contributed by atoms with Gasteiger partial charge in [-0.3, -0.25) is 14.5 Å². The number of hydrogen-bond acceptors (Lipinski definition) is 4. The standard InChI is InChI=1S/C19H20N4O2/c1-14-7-3-4-9-18(14)25-13-19(24)21-12-15-11-17(23(2)22-15)16-8-5-6-10-20-16/h3-11H,12-13H2,1-2H3,(H,21,24). The first-order chi connectivity index (χ1) is 12.1. The normalized spacial score (nSPS) is 10.5. The SMILES string of the molecule is Cc1ccccc1OCC(=O)NCc1cc(-c2ccccn2)n(C)n1. The maximum atomic E-state index is 12.0. The molecule has 0 unspecified atom stereocenters. The quantitative estimate of drug-likeness (QED) is 0.751. The van der Waals surface area contributed by atoms with E-state index in [0.29, 0.717) is 12.3 Å². The lowest BCUT2D eigenvalue weighted by atomic mass is 10.2. The molecule has 3 aromatic rings. The van der Waals surface area contributed by atoms with Gasteiger partial charge in [-0.2, -0.15) is 5.10 Å². The zero-order valence-electron chi connectivity index (χ0n) is 14.3. The molecule has 0 bridgehead atoms. The topological polar surface area (TPSA) is 69.0 Å². The molecule has 0 saturated carbocycles. The van der Waals surface area contributed by atoms with Crippen molar-refractivity contribution >= 4 is 5.91 Å². The summed E-state index contributed by atoms with van der Waals surface area (Å²) in [6.07, 6.45) is 1.74. The van der Waals surface area contributed by atoms with Crippen LogP contribution in [0.2, 0.25) is 0 Å². The zero-order chi connectivity index (χ0) is 17.6. The molecule has 1 N–H and O–H groups in total. The molecule has 2 heterocycles. The van der Waals surface area contributed by atoms with Gasteiger partial charge < -0.3 is 10.1 Å². The van der Waals surface area contributed by atoms with Crippen LogP contribution in [0.1, 0.15) is 11.3 Å². The summed E-state index contributed by atoms with van der Waals surface area (Å²) >= 11 is 0. The summed E-state index contributed by atoms with van der Waals surface area (Å²) in [4.78, 5) is 16.3. The fourth-order valence-electron chi connectivity index (χ4n) is 2.47. The van der Waals surface area contributed by atoms with Crippen LogP contribution in [0.25, 0.3) is 11.4 Å². The molecule has 1 amide bonds. The smallest absolute Gasteiger partial charge is 0.258 e. The van der Waals surface area contributed by atoms with E-state index in [1.54, 1.807) is 10.9 Å². The number of amides is 1. The summed E-state index contributed by atoms with van der Waals surface area (Å²) in [5.41, 5.74) is 3.52. The van der Waals surface area contributed by atoms with E-state index in [4.69, 9.17) is 4.74 Å². The lowest BCUT2D eigenvalue weighted by Gasteiger charge is -2.08. The highest BCUT2D eigenvalue weighted by Crippen LogP contribution is 2.17. The average molecular weight is 336 g/mol. The Morgan fingerprint density at radius 2 is 2.00 bits per heavy atom. The van der Waals surface area contributed by atoms with Crippen molar-refractivity contribution in [2.75, 3.05) is 6.61 Å². The number of aryl methyl sites for hydroxylation is 2. The summed E-state index contributed by atoms with van der Waals surface area (Å²) < 4.78 is 7.30. The van der Waals surface area contributed by atoms with Crippen molar-refractivity contribution in [3.05, 3.63) is 66.0 Å². The Morgan fingerprint density at radius 3 is 2.76 bits per heavy atom. The highest BCUT2D eigenvalue weighted by molar-refractivity contribution is 5.77. The van der Waals surface area contributed by atoms with Crippen LogP contribution in [0.15, 0.2) is 54.7 Å². The second kappa shape index (κ2) is 7.61. The van der Waals surface area contributed by atoms with Crippen LogP contribution in [0.4, 0.5) is 0 Å². The van der Waals surface area contributed by atoms with E-state index in [2.05, 4.69) is 15.4 Å². The van der Waals surface area contributed by atoms with Crippen molar-refractivity contribution in [2.24, 2.45) is 7.05 Å². The van der Waals surface area contributed by atoms with Gasteiger partial charge in [-0.25, -0.2) is 0 Å². The van der Waals surface area contributed by atoms with Crippen molar-refractivity contribution in [3.8, 4) is 17.1 Å². The number of ether oxygens (including phenoxy) is 1. The number of pyridine rings is 1. The second-order valence-corrected chi connectivity index (χ2v) is 5.69. The summed E-state index contributed by atoms with van der Waals surface area (Å²) in [5, 5.41) is 7.23. The van der Waals surface area contributed by atoms with Crippen molar-refractivity contribution in [2.45, 2.75) is 13.5 Å². The number of benzene rings is 1. The predicted molar refractivity (Wildman–Crippen MR) is 95.0 cm³/mol. The van der Waals surface area contributed by atoms with E-state index in [-0.39, 0.29) is 12.5 Å². The number of nitrogens with zero attached hydrogens (tertiary/aromatic N) is 3. The van der Waals surface area contributed by atoms with Gasteiger partial charge in [-0.15, -0.1) is 0 Å². The third-order valence-electron chi connectivity index (χ3n) is 3.78. The van der Waals surface area contributed by atoms with Crippen LogP contribution in [0.5, 0.6) is 5.75 Å². The van der Waals surface area contributed by atoms with Gasteiger partial charge in [0.15, 0.2) is 6.61 Å². The third-order valence-corrected chi connectivity index (χ3v) is 3.78. The molecule has 0 spiro atoms. The third kappa shape index (κ3) is 4.23. The second-order valence-electron chi connectivity index (χ2n) is 5.69. The monoisotopic (exact) mass is 336 g/mol. The van der Waals surface area contributed by atoms with Gasteiger partial charge in [0.1, 0.15) is 5.75 Å². The highest BCUT2D eigenvalue weighted by Gasteiger charge is 2.10. The lowest BCUT2D eigenvalue weighted by Crippen LogP contribution is -2.28. The van der Waals surface area contributed by atoms with E-state index in [9.17, 15) is 4.79 Å². The van der Waals surface area contributed by atoms with Gasteiger partial charge in [-0.05, 0) is 36.8 Å². The molecule has 0 aliphatic carbocycles. The maximum absolute atomic E-state index is 12.0. The summed E-state index contributed by atoms with van der Waals surface area (Å²) in [6.45, 7) is 2.27. The molecule has 2 aromatic heterocycles. The molecule has 0 radical (unpaired) electrons. The van der Waals surface area contributed by atoms with Crippen LogP contribution in [-0.4, -0.2) is 27.3 Å². The van der Waals surface area contributed by atoms with Gasteiger partial charge in [0.2, 0.25) is 0 Å². The molecule has 0 saturated heterocycles. The maximum Gasteiger partial charge on any atom is 0.258 e. The van der Waals surface area contributed by atoms with Gasteiger partial charge in [-0.1, -0.05) is 24.3 Å². The first kappa shape index (κ1) is 16.7. The van der Waals surface area contributed by atoms with Gasteiger partial charge in [0.25, 0.3) is 5.91 Å². The number of hydrogen-bond donors (Lipinski definition) is 1. The fourth-order valence-corrected chi connectivity index (χ4v) is 2.47. The Labute approximate surface area is 146 Å². The molecule has 0 aliphatic heterocycles. The van der Waals surface area contributed by atoms with Crippen LogP contribution in [0, 0.1) is 6.92 Å². The molecule has 25 heavy (non-hydrogen) atoms. The van der Waals surface area contributed by atoms with E-state index >= 15 is 0 Å². The van der Waals surface area contributed by atoms with E-state index in [1.807, 2.05) is 62.5 Å². The lowest BCUT2D eigenvalue weighted by molar-refractivity contribution is -0.123. The minimum absolute atomic E-state index is 0.0230. The molecular weight excluding hydrogens is 316 g/mol. The van der Waals surface area contributed by atoms with Crippen molar-refractivity contribution in [1.29, 1.82) is 0 Å². The van der Waals surface area contributed by atoms with E-state index in [0.717, 1.165) is 22.6 Å². The number of rotatable bonds is 6. The fraction of sp³-hybridized carbons (Fsp3) is 0.211. The van der Waals surface area contributed by atoms with Crippen molar-refractivity contribution in [1.82, 2.24) is 20.1 Å². The molecule has 1 aromatic carbocycles. The number of aromatic nitrogens is 3. The molecule has 0 aliphatic rings. The first-order valence-electron chi connectivity index (χ1n) is 8.03. The minimum atomic E-state index is -0.187. The number of carbonyl (C=O) groups excluding carboxylic acids is 1. The number of carbonyl (C=O) groups is 1. The number of nitrogens with one attached hydrogen (secondary N) is 1. The van der Waals surface area contributed by atoms with Crippen molar-refractivity contribution < 1.29 is 9.53 Å². The van der Waals surface area contributed by atoms with Gasteiger partial charge >= 0.3 is 0 Å². The van der Waals surface area contributed by atoms with Crippen molar-refractivity contribution in [3.63, 3.8) is 0 Å². The first-order valence-corrected chi connectivity index (χ1v) is 8.03. The van der Waals surface area contributed by atoms with Gasteiger partial charge in [0, 0.05) is 13.2 Å². The number of para-hydroxylation sites is 1. The average Bonchev–Trinajstić information content (AvgIpc) is 3.01. The van der Waals surface area contributed by atoms with Crippen LogP contribution < -0.4 is 10.1 Å². The molecule has 6 heteroatoms. The predicted octanol–water partition coefficient (Wildman–Crippen LogP) is 2.49. The Hall–Kier alpha value is -3.15. The highest BCUT2D eigenvalue weighted by atomic mass is 16.5. The van der Waals surface area contributed by atoms with Crippen LogP contribution in [-0.2, 0) is 18.4 Å².